The van der Waals surface area contributed by atoms with Gasteiger partial charge in [0.25, 0.3) is 0 Å². The number of hydrogen-bond donors (Lipinski definition) is 1. The van der Waals surface area contributed by atoms with Gasteiger partial charge in [-0.2, -0.15) is 0 Å². The number of nitrogens with zero attached hydrogens (tertiary/aromatic N) is 3. The van der Waals surface area contributed by atoms with E-state index in [1.165, 1.54) is 11.3 Å². The van der Waals surface area contributed by atoms with Crippen LogP contribution in [0.5, 0.6) is 0 Å². The molecule has 0 amide bonds. The molecule has 5 heteroatoms. The zero-order chi connectivity index (χ0) is 12.7. The molecule has 0 saturated heterocycles. The predicted molar refractivity (Wildman–Crippen MR) is 74.5 cm³/mol. The third kappa shape index (κ3) is 1.73. The largest absolute Gasteiger partial charge is 0.374 e. The zero-order valence-corrected chi connectivity index (χ0v) is 11.0. The Kier molecular flexibility index (Phi) is 2.48. The first-order valence-electron chi connectivity index (χ1n) is 5.61. The molecule has 2 aromatic heterocycles. The highest BCUT2D eigenvalue weighted by Gasteiger charge is 2.11. The molecule has 0 aliphatic heterocycles. The van der Waals surface area contributed by atoms with Crippen molar-refractivity contribution in [3.63, 3.8) is 0 Å². The van der Waals surface area contributed by atoms with Crippen molar-refractivity contribution in [1.82, 2.24) is 15.2 Å². The van der Waals surface area contributed by atoms with Crippen LogP contribution >= 0.6 is 11.3 Å². The second kappa shape index (κ2) is 4.03. The summed E-state index contributed by atoms with van der Waals surface area (Å²) in [7, 11) is 0. The number of fused-ring (bicyclic) bond motifs is 1. The lowest BCUT2D eigenvalue weighted by atomic mass is 10.1. The molecule has 0 saturated carbocycles. The van der Waals surface area contributed by atoms with E-state index in [2.05, 4.69) is 34.2 Å². The highest BCUT2D eigenvalue weighted by Crippen LogP contribution is 2.32. The quantitative estimate of drug-likeness (QED) is 0.727. The molecule has 3 rings (SSSR count). The lowest BCUT2D eigenvalue weighted by molar-refractivity contribution is 1.10. The molecule has 4 nitrogen and oxygen atoms in total. The van der Waals surface area contributed by atoms with Gasteiger partial charge in [-0.1, -0.05) is 29.5 Å². The maximum absolute atomic E-state index is 5.66. The van der Waals surface area contributed by atoms with Gasteiger partial charge < -0.3 is 5.73 Å². The van der Waals surface area contributed by atoms with Crippen molar-refractivity contribution >= 4 is 27.4 Å². The Bertz CT molecular complexity index is 733. The molecule has 0 bridgehead atoms. The Balaban J connectivity index is 2.38. The lowest BCUT2D eigenvalue weighted by Crippen LogP contribution is -1.90. The third-order valence-electron chi connectivity index (χ3n) is 2.84. The summed E-state index contributed by atoms with van der Waals surface area (Å²) in [5.41, 5.74) is 9.86. The first-order valence-corrected chi connectivity index (χ1v) is 6.43. The number of rotatable bonds is 1. The van der Waals surface area contributed by atoms with Crippen LogP contribution in [0.25, 0.3) is 21.5 Å². The van der Waals surface area contributed by atoms with Crippen LogP contribution in [0.4, 0.5) is 5.13 Å². The number of pyridine rings is 1. The van der Waals surface area contributed by atoms with Gasteiger partial charge in [-0.15, -0.1) is 10.2 Å². The van der Waals surface area contributed by atoms with E-state index in [0.717, 1.165) is 32.7 Å². The van der Waals surface area contributed by atoms with Crippen molar-refractivity contribution in [2.24, 2.45) is 0 Å². The smallest absolute Gasteiger partial charge is 0.203 e. The molecule has 90 valence electrons. The summed E-state index contributed by atoms with van der Waals surface area (Å²) < 4.78 is 0. The summed E-state index contributed by atoms with van der Waals surface area (Å²) in [4.78, 5) is 4.59. The summed E-state index contributed by atoms with van der Waals surface area (Å²) in [5.74, 6) is 0. The van der Waals surface area contributed by atoms with Crippen molar-refractivity contribution in [2.45, 2.75) is 13.8 Å². The molecule has 3 aromatic rings. The molecule has 0 radical (unpaired) electrons. The second-order valence-corrected chi connectivity index (χ2v) is 5.24. The van der Waals surface area contributed by atoms with Crippen molar-refractivity contribution in [1.29, 1.82) is 0 Å². The number of nitrogens with two attached hydrogens (primary N) is 1. The van der Waals surface area contributed by atoms with Crippen LogP contribution in [0.3, 0.4) is 0 Å². The lowest BCUT2D eigenvalue weighted by Gasteiger charge is -2.06. The first-order chi connectivity index (χ1) is 8.65. The molecule has 1 aromatic carbocycles. The molecule has 0 atom stereocenters. The van der Waals surface area contributed by atoms with E-state index < -0.39 is 0 Å². The molecule has 0 aliphatic rings. The number of hydrogen-bond acceptors (Lipinski definition) is 5. The van der Waals surface area contributed by atoms with Gasteiger partial charge in [0, 0.05) is 16.6 Å². The van der Waals surface area contributed by atoms with Crippen LogP contribution in [0.1, 0.15) is 11.3 Å². The minimum atomic E-state index is 0.486. The highest BCUT2D eigenvalue weighted by atomic mass is 32.1. The molecule has 18 heavy (non-hydrogen) atoms. The zero-order valence-electron chi connectivity index (χ0n) is 10.1. The van der Waals surface area contributed by atoms with E-state index in [-0.39, 0.29) is 0 Å². The normalized spacial score (nSPS) is 11.0. The molecule has 0 unspecified atom stereocenters. The number of nitrogen functional groups attached to an aromatic ring is 1. The Morgan fingerprint density at radius 3 is 2.72 bits per heavy atom. The van der Waals surface area contributed by atoms with Gasteiger partial charge in [0.05, 0.1) is 5.52 Å². The number of aryl methyl sites for hydroxylation is 2. The number of aromatic nitrogens is 3. The predicted octanol–water partition coefficient (Wildman–Crippen LogP) is 2.95. The van der Waals surface area contributed by atoms with E-state index in [4.69, 9.17) is 5.73 Å². The summed E-state index contributed by atoms with van der Waals surface area (Å²) in [6.07, 6.45) is 0. The van der Waals surface area contributed by atoms with E-state index in [1.807, 2.05) is 19.1 Å². The van der Waals surface area contributed by atoms with Crippen molar-refractivity contribution in [3.05, 3.63) is 35.5 Å². The molecule has 0 spiro atoms. The fourth-order valence-electron chi connectivity index (χ4n) is 2.04. The van der Waals surface area contributed by atoms with Gasteiger partial charge in [0.2, 0.25) is 5.13 Å². The van der Waals surface area contributed by atoms with Crippen molar-refractivity contribution in [2.75, 3.05) is 5.73 Å². The minimum Gasteiger partial charge on any atom is -0.374 e. The van der Waals surface area contributed by atoms with Gasteiger partial charge in [-0.25, -0.2) is 0 Å². The minimum absolute atomic E-state index is 0.486. The van der Waals surface area contributed by atoms with Gasteiger partial charge >= 0.3 is 0 Å². The molecule has 2 N–H and O–H groups in total. The summed E-state index contributed by atoms with van der Waals surface area (Å²) in [5, 5.41) is 10.4. The Morgan fingerprint density at radius 2 is 2.00 bits per heavy atom. The van der Waals surface area contributed by atoms with Crippen LogP contribution in [0.2, 0.25) is 0 Å². The number of benzene rings is 1. The SMILES string of the molecule is Cc1cc(-c2nnc(N)s2)c2cccc(C)c2n1. The van der Waals surface area contributed by atoms with E-state index >= 15 is 0 Å². The van der Waals surface area contributed by atoms with E-state index in [0.29, 0.717) is 5.13 Å². The third-order valence-corrected chi connectivity index (χ3v) is 3.63. The standard InChI is InChI=1S/C13H12N4S/c1-7-4-3-5-9-10(6-8(2)15-11(7)9)12-16-17-13(14)18-12/h3-6H,1-2H3,(H2,14,17). The fourth-order valence-corrected chi connectivity index (χ4v) is 2.68. The maximum atomic E-state index is 5.66. The topological polar surface area (TPSA) is 64.7 Å². The first kappa shape index (κ1) is 11.1. The molecule has 0 aliphatic carbocycles. The van der Waals surface area contributed by atoms with E-state index in [1.54, 1.807) is 0 Å². The highest BCUT2D eigenvalue weighted by molar-refractivity contribution is 7.18. The van der Waals surface area contributed by atoms with Gasteiger partial charge in [-0.05, 0) is 25.5 Å². The van der Waals surface area contributed by atoms with Crippen LogP contribution in [-0.2, 0) is 0 Å². The second-order valence-electron chi connectivity index (χ2n) is 4.23. The monoisotopic (exact) mass is 256 g/mol. The van der Waals surface area contributed by atoms with E-state index in [9.17, 15) is 0 Å². The van der Waals surface area contributed by atoms with Crippen molar-refractivity contribution < 1.29 is 0 Å². The molecule has 2 heterocycles. The van der Waals surface area contributed by atoms with Crippen LogP contribution in [0.15, 0.2) is 24.3 Å². The van der Waals surface area contributed by atoms with Gasteiger partial charge in [0.1, 0.15) is 5.01 Å². The molecular weight excluding hydrogens is 244 g/mol. The van der Waals surface area contributed by atoms with Gasteiger partial charge in [-0.3, -0.25) is 4.98 Å². The van der Waals surface area contributed by atoms with Gasteiger partial charge in [0.15, 0.2) is 0 Å². The molecular formula is C13H12N4S. The van der Waals surface area contributed by atoms with Crippen molar-refractivity contribution in [3.8, 4) is 10.6 Å². The summed E-state index contributed by atoms with van der Waals surface area (Å²) in [6, 6.07) is 8.18. The Labute approximate surface area is 109 Å². The fraction of sp³-hybridized carbons (Fsp3) is 0.154. The Morgan fingerprint density at radius 1 is 1.17 bits per heavy atom. The van der Waals surface area contributed by atoms with Crippen LogP contribution in [0, 0.1) is 13.8 Å². The van der Waals surface area contributed by atoms with Crippen LogP contribution in [-0.4, -0.2) is 15.2 Å². The molecule has 0 fully saturated rings. The number of para-hydroxylation sites is 1. The average Bonchev–Trinajstić information content (AvgIpc) is 2.76. The van der Waals surface area contributed by atoms with Crippen LogP contribution < -0.4 is 5.73 Å². The summed E-state index contributed by atoms with van der Waals surface area (Å²) >= 11 is 1.40. The summed E-state index contributed by atoms with van der Waals surface area (Å²) in [6.45, 7) is 4.05. The maximum Gasteiger partial charge on any atom is 0.203 e. The number of anilines is 1. The average molecular weight is 256 g/mol. The Hall–Kier alpha value is -2.01.